The molecule has 1 aliphatic rings. The Hall–Kier alpha value is -2.64. The van der Waals surface area contributed by atoms with Crippen molar-refractivity contribution in [3.63, 3.8) is 0 Å². The molecule has 136 valence electrons. The maximum atomic E-state index is 12.7. The van der Waals surface area contributed by atoms with Crippen molar-refractivity contribution in [2.24, 2.45) is 0 Å². The van der Waals surface area contributed by atoms with E-state index < -0.39 is 6.04 Å². The van der Waals surface area contributed by atoms with Crippen LogP contribution >= 0.6 is 23.1 Å². The zero-order valence-electron chi connectivity index (χ0n) is 14.4. The van der Waals surface area contributed by atoms with Crippen LogP contribution in [0.25, 0.3) is 10.6 Å². The Bertz CT molecular complexity index is 928. The molecule has 2 aromatic carbocycles. The molecule has 1 aromatic heterocycles. The lowest BCUT2D eigenvalue weighted by atomic mass is 10.1. The van der Waals surface area contributed by atoms with Crippen molar-refractivity contribution in [2.45, 2.75) is 6.04 Å². The molecular weight excluding hydrogens is 378 g/mol. The highest BCUT2D eigenvalue weighted by atomic mass is 32.2. The molecule has 5 nitrogen and oxygen atoms in total. The van der Waals surface area contributed by atoms with Gasteiger partial charge in [-0.25, -0.2) is 4.98 Å². The number of rotatable bonds is 4. The first-order chi connectivity index (χ1) is 13.2. The number of thioether (sulfide) groups is 1. The summed E-state index contributed by atoms with van der Waals surface area (Å²) in [5.41, 5.74) is 2.33. The molecule has 0 aliphatic carbocycles. The molecule has 4 rings (SSSR count). The molecular formula is C20H17N3O2S2. The van der Waals surface area contributed by atoms with Gasteiger partial charge in [0, 0.05) is 34.1 Å². The molecule has 1 atom stereocenters. The molecule has 1 unspecified atom stereocenters. The molecule has 3 aromatic rings. The summed E-state index contributed by atoms with van der Waals surface area (Å²) in [6.07, 6.45) is 1.77. The molecule has 0 radical (unpaired) electrons. The van der Waals surface area contributed by atoms with Gasteiger partial charge in [-0.15, -0.1) is 23.1 Å². The van der Waals surface area contributed by atoms with Gasteiger partial charge in [0.2, 0.25) is 5.91 Å². The predicted molar refractivity (Wildman–Crippen MR) is 110 cm³/mol. The van der Waals surface area contributed by atoms with Crippen LogP contribution in [0.2, 0.25) is 0 Å². The number of carbonyl (C=O) groups excluding carboxylic acids is 2. The summed E-state index contributed by atoms with van der Waals surface area (Å²) in [7, 11) is 0. The number of amides is 2. The van der Waals surface area contributed by atoms with E-state index >= 15 is 0 Å². The molecule has 27 heavy (non-hydrogen) atoms. The zero-order valence-corrected chi connectivity index (χ0v) is 16.0. The highest BCUT2D eigenvalue weighted by Crippen LogP contribution is 2.26. The Balaban J connectivity index is 1.45. The van der Waals surface area contributed by atoms with Crippen molar-refractivity contribution in [3.05, 3.63) is 71.7 Å². The Morgan fingerprint density at radius 1 is 1.07 bits per heavy atom. The molecule has 0 bridgehead atoms. The molecule has 2 amide bonds. The Morgan fingerprint density at radius 2 is 1.85 bits per heavy atom. The minimum Gasteiger partial charge on any atom is -0.324 e. The van der Waals surface area contributed by atoms with Crippen molar-refractivity contribution in [1.82, 2.24) is 9.88 Å². The van der Waals surface area contributed by atoms with E-state index in [1.54, 1.807) is 46.3 Å². The van der Waals surface area contributed by atoms with Crippen molar-refractivity contribution >= 4 is 40.6 Å². The van der Waals surface area contributed by atoms with Crippen molar-refractivity contribution in [2.75, 3.05) is 16.9 Å². The summed E-state index contributed by atoms with van der Waals surface area (Å²) in [5, 5.41) is 5.81. The number of anilines is 1. The van der Waals surface area contributed by atoms with E-state index in [1.807, 2.05) is 47.8 Å². The second-order valence-corrected chi connectivity index (χ2v) is 7.95. The number of nitrogens with zero attached hydrogens (tertiary/aromatic N) is 2. The van der Waals surface area contributed by atoms with Gasteiger partial charge in [0.05, 0.1) is 5.88 Å². The van der Waals surface area contributed by atoms with E-state index in [1.165, 1.54) is 0 Å². The molecule has 0 saturated carbocycles. The lowest BCUT2D eigenvalue weighted by molar-refractivity contribution is -0.119. The quantitative estimate of drug-likeness (QED) is 0.726. The van der Waals surface area contributed by atoms with Crippen LogP contribution < -0.4 is 5.32 Å². The van der Waals surface area contributed by atoms with Crippen LogP contribution in [0.5, 0.6) is 0 Å². The summed E-state index contributed by atoms with van der Waals surface area (Å²) < 4.78 is 0. The summed E-state index contributed by atoms with van der Waals surface area (Å²) in [4.78, 5) is 31.4. The van der Waals surface area contributed by atoms with Gasteiger partial charge in [-0.05, 0) is 36.4 Å². The fraction of sp³-hybridized carbons (Fsp3) is 0.150. The smallest absolute Gasteiger partial charge is 0.255 e. The fourth-order valence-electron chi connectivity index (χ4n) is 2.89. The fourth-order valence-corrected chi connectivity index (χ4v) is 4.69. The molecule has 7 heteroatoms. The van der Waals surface area contributed by atoms with E-state index in [0.29, 0.717) is 22.9 Å². The maximum Gasteiger partial charge on any atom is 0.255 e. The van der Waals surface area contributed by atoms with Crippen LogP contribution in [0.1, 0.15) is 10.4 Å². The number of hydrogen-bond acceptors (Lipinski definition) is 5. The predicted octanol–water partition coefficient (Wildman–Crippen LogP) is 3.96. The summed E-state index contributed by atoms with van der Waals surface area (Å²) in [6.45, 7) is 0. The third kappa shape index (κ3) is 3.89. The summed E-state index contributed by atoms with van der Waals surface area (Å²) in [6, 6.07) is 16.2. The molecule has 1 saturated heterocycles. The van der Waals surface area contributed by atoms with Crippen LogP contribution in [0.15, 0.2) is 66.2 Å². The number of benzene rings is 2. The first-order valence-electron chi connectivity index (χ1n) is 8.47. The molecule has 1 fully saturated rings. The van der Waals surface area contributed by atoms with Crippen LogP contribution in [-0.4, -0.2) is 39.4 Å². The van der Waals surface area contributed by atoms with Crippen molar-refractivity contribution in [3.8, 4) is 10.6 Å². The molecule has 0 spiro atoms. The molecule has 1 N–H and O–H groups in total. The van der Waals surface area contributed by atoms with Gasteiger partial charge >= 0.3 is 0 Å². The number of nitrogens with one attached hydrogen (secondary N) is 1. The average Bonchev–Trinajstić information content (AvgIpc) is 3.41. The minimum absolute atomic E-state index is 0.111. The number of hydrogen-bond donors (Lipinski definition) is 1. The van der Waals surface area contributed by atoms with E-state index in [-0.39, 0.29) is 11.8 Å². The minimum atomic E-state index is -0.471. The SMILES string of the molecule is O=C(Nc1ccc(-c2nccs2)cc1)C1CSCN1C(=O)c1ccccc1. The van der Waals surface area contributed by atoms with Gasteiger partial charge in [-0.2, -0.15) is 0 Å². The first-order valence-corrected chi connectivity index (χ1v) is 10.5. The van der Waals surface area contributed by atoms with Gasteiger partial charge in [0.15, 0.2) is 0 Å². The van der Waals surface area contributed by atoms with Gasteiger partial charge in [-0.3, -0.25) is 9.59 Å². The highest BCUT2D eigenvalue weighted by molar-refractivity contribution is 7.99. The van der Waals surface area contributed by atoms with Gasteiger partial charge in [0.1, 0.15) is 11.0 Å². The second-order valence-electron chi connectivity index (χ2n) is 6.06. The normalized spacial score (nSPS) is 16.3. The van der Waals surface area contributed by atoms with Gasteiger partial charge in [-0.1, -0.05) is 18.2 Å². The van der Waals surface area contributed by atoms with Crippen LogP contribution in [0.4, 0.5) is 5.69 Å². The van der Waals surface area contributed by atoms with E-state index in [2.05, 4.69) is 10.3 Å². The highest BCUT2D eigenvalue weighted by Gasteiger charge is 2.35. The Kier molecular flexibility index (Phi) is 5.22. The topological polar surface area (TPSA) is 62.3 Å². The Labute approximate surface area is 165 Å². The number of aromatic nitrogens is 1. The standard InChI is InChI=1S/C20H17N3O2S2/c24-18(22-16-8-6-14(7-9-16)19-21-10-11-27-19)17-12-26-13-23(17)20(25)15-4-2-1-3-5-15/h1-11,17H,12-13H2,(H,22,24). The summed E-state index contributed by atoms with van der Waals surface area (Å²) in [5.74, 6) is 0.849. The third-order valence-electron chi connectivity index (χ3n) is 4.30. The van der Waals surface area contributed by atoms with Crippen LogP contribution in [-0.2, 0) is 4.79 Å². The van der Waals surface area contributed by atoms with Crippen LogP contribution in [0, 0.1) is 0 Å². The first kappa shape index (κ1) is 17.8. The van der Waals surface area contributed by atoms with Gasteiger partial charge < -0.3 is 10.2 Å². The van der Waals surface area contributed by atoms with E-state index in [4.69, 9.17) is 0 Å². The van der Waals surface area contributed by atoms with E-state index in [0.717, 1.165) is 10.6 Å². The number of thiazole rings is 1. The maximum absolute atomic E-state index is 12.7. The Morgan fingerprint density at radius 3 is 2.56 bits per heavy atom. The van der Waals surface area contributed by atoms with Crippen molar-refractivity contribution in [1.29, 1.82) is 0 Å². The molecule has 2 heterocycles. The lowest BCUT2D eigenvalue weighted by Crippen LogP contribution is -2.44. The summed E-state index contributed by atoms with van der Waals surface area (Å²) >= 11 is 3.16. The monoisotopic (exact) mass is 395 g/mol. The average molecular weight is 396 g/mol. The van der Waals surface area contributed by atoms with Crippen LogP contribution in [0.3, 0.4) is 0 Å². The largest absolute Gasteiger partial charge is 0.324 e. The number of carbonyl (C=O) groups is 2. The zero-order chi connectivity index (χ0) is 18.6. The van der Waals surface area contributed by atoms with Gasteiger partial charge in [0.25, 0.3) is 5.91 Å². The van der Waals surface area contributed by atoms with E-state index in [9.17, 15) is 9.59 Å². The lowest BCUT2D eigenvalue weighted by Gasteiger charge is -2.23. The van der Waals surface area contributed by atoms with Crippen molar-refractivity contribution < 1.29 is 9.59 Å². The third-order valence-corrected chi connectivity index (χ3v) is 6.13. The second kappa shape index (κ2) is 7.94. The molecule has 1 aliphatic heterocycles.